The minimum atomic E-state index is -0.618. The zero-order valence-electron chi connectivity index (χ0n) is 21.8. The Bertz CT molecular complexity index is 1290. The molecule has 37 heavy (non-hydrogen) atoms. The van der Waals surface area contributed by atoms with Crippen LogP contribution in [0.15, 0.2) is 72.8 Å². The Morgan fingerprint density at radius 3 is 2.49 bits per heavy atom. The SMILES string of the molecule is Cc1nc(C(N)=O)nn1-c1ccc(CC2(CN3CCCN(C)CC3)C=CC(c3ccccc3)=CC2)cc1. The number of carbonyl (C=O) groups excluding carboxylic acids is 1. The number of nitrogens with zero attached hydrogens (tertiary/aromatic N) is 5. The third kappa shape index (κ3) is 5.89. The van der Waals surface area contributed by atoms with Gasteiger partial charge in [0.25, 0.3) is 5.91 Å². The highest BCUT2D eigenvalue weighted by atomic mass is 16.1. The number of allylic oxidation sites excluding steroid dienone is 3. The maximum atomic E-state index is 11.5. The summed E-state index contributed by atoms with van der Waals surface area (Å²) in [6.07, 6.45) is 10.4. The van der Waals surface area contributed by atoms with Gasteiger partial charge in [0.2, 0.25) is 5.82 Å². The summed E-state index contributed by atoms with van der Waals surface area (Å²) < 4.78 is 1.67. The van der Waals surface area contributed by atoms with Gasteiger partial charge < -0.3 is 15.5 Å². The molecular weight excluding hydrogens is 460 g/mol. The van der Waals surface area contributed by atoms with E-state index in [-0.39, 0.29) is 11.2 Å². The van der Waals surface area contributed by atoms with E-state index >= 15 is 0 Å². The number of aryl methyl sites for hydroxylation is 1. The maximum Gasteiger partial charge on any atom is 0.288 e. The number of carbonyl (C=O) groups is 1. The number of aromatic nitrogens is 3. The number of nitrogens with two attached hydrogens (primary N) is 1. The Labute approximate surface area is 219 Å². The fraction of sp³-hybridized carbons (Fsp3) is 0.367. The molecule has 1 saturated heterocycles. The van der Waals surface area contributed by atoms with Crippen LogP contribution in [0.3, 0.4) is 0 Å². The second-order valence-electron chi connectivity index (χ2n) is 10.5. The Balaban J connectivity index is 1.38. The molecule has 0 saturated carbocycles. The number of amides is 1. The number of hydrogen-bond donors (Lipinski definition) is 1. The van der Waals surface area contributed by atoms with Gasteiger partial charge in [-0.2, -0.15) is 0 Å². The minimum Gasteiger partial charge on any atom is -0.363 e. The van der Waals surface area contributed by atoms with Crippen molar-refractivity contribution in [1.29, 1.82) is 0 Å². The van der Waals surface area contributed by atoms with Crippen LogP contribution in [0.1, 0.15) is 40.4 Å². The van der Waals surface area contributed by atoms with E-state index in [4.69, 9.17) is 5.73 Å². The number of primary amides is 1. The normalized spacial score (nSPS) is 21.0. The molecule has 3 aromatic rings. The molecule has 1 aromatic heterocycles. The third-order valence-electron chi connectivity index (χ3n) is 7.53. The highest BCUT2D eigenvalue weighted by Crippen LogP contribution is 2.37. The van der Waals surface area contributed by atoms with E-state index in [9.17, 15) is 4.79 Å². The van der Waals surface area contributed by atoms with Crippen LogP contribution >= 0.6 is 0 Å². The molecule has 1 fully saturated rings. The van der Waals surface area contributed by atoms with Crippen LogP contribution in [0.4, 0.5) is 0 Å². The molecule has 2 aromatic carbocycles. The van der Waals surface area contributed by atoms with Crippen molar-refractivity contribution in [2.75, 3.05) is 39.8 Å². The number of rotatable bonds is 7. The summed E-state index contributed by atoms with van der Waals surface area (Å²) in [5.74, 6) is 0.0575. The molecule has 1 aliphatic carbocycles. The molecule has 2 aliphatic rings. The average Bonchev–Trinajstić information content (AvgIpc) is 3.19. The van der Waals surface area contributed by atoms with Gasteiger partial charge in [-0.15, -0.1) is 5.10 Å². The summed E-state index contributed by atoms with van der Waals surface area (Å²) >= 11 is 0. The van der Waals surface area contributed by atoms with Gasteiger partial charge in [-0.1, -0.05) is 60.7 Å². The maximum absolute atomic E-state index is 11.5. The second kappa shape index (κ2) is 10.8. The van der Waals surface area contributed by atoms with Gasteiger partial charge in [-0.3, -0.25) is 4.79 Å². The lowest BCUT2D eigenvalue weighted by Crippen LogP contribution is -2.40. The summed E-state index contributed by atoms with van der Waals surface area (Å²) in [5.41, 5.74) is 10.1. The Morgan fingerprint density at radius 1 is 1.03 bits per heavy atom. The molecule has 1 amide bonds. The number of likely N-dealkylation sites (N-methyl/N-ethyl adjacent to an activating group) is 1. The van der Waals surface area contributed by atoms with Gasteiger partial charge in [0.05, 0.1) is 5.69 Å². The van der Waals surface area contributed by atoms with E-state index in [1.807, 2.05) is 19.1 Å². The summed E-state index contributed by atoms with van der Waals surface area (Å²) in [6, 6.07) is 19.1. The lowest BCUT2D eigenvalue weighted by molar-refractivity contribution is 0.0990. The molecule has 2 N–H and O–H groups in total. The molecular formula is C30H36N6O. The van der Waals surface area contributed by atoms with Crippen molar-refractivity contribution in [3.05, 3.63) is 95.6 Å². The van der Waals surface area contributed by atoms with E-state index in [1.165, 1.54) is 23.1 Å². The van der Waals surface area contributed by atoms with E-state index in [1.54, 1.807) is 4.68 Å². The van der Waals surface area contributed by atoms with Crippen molar-refractivity contribution < 1.29 is 4.79 Å². The molecule has 1 unspecified atom stereocenters. The highest BCUT2D eigenvalue weighted by molar-refractivity contribution is 5.88. The molecule has 2 heterocycles. The predicted octanol–water partition coefficient (Wildman–Crippen LogP) is 3.88. The zero-order valence-corrected chi connectivity index (χ0v) is 21.8. The predicted molar refractivity (Wildman–Crippen MR) is 147 cm³/mol. The topological polar surface area (TPSA) is 80.3 Å². The van der Waals surface area contributed by atoms with Gasteiger partial charge in [-0.05, 0) is 75.2 Å². The average molecular weight is 497 g/mol. The molecule has 1 atom stereocenters. The first kappa shape index (κ1) is 25.1. The minimum absolute atomic E-state index is 0.0328. The van der Waals surface area contributed by atoms with Gasteiger partial charge in [0.15, 0.2) is 0 Å². The summed E-state index contributed by atoms with van der Waals surface area (Å²) in [6.45, 7) is 7.39. The first-order chi connectivity index (χ1) is 17.9. The summed E-state index contributed by atoms with van der Waals surface area (Å²) in [5, 5.41) is 4.27. The van der Waals surface area contributed by atoms with E-state index in [0.717, 1.165) is 51.3 Å². The van der Waals surface area contributed by atoms with Crippen molar-refractivity contribution in [3.63, 3.8) is 0 Å². The van der Waals surface area contributed by atoms with Crippen LogP contribution < -0.4 is 5.73 Å². The zero-order chi connectivity index (χ0) is 25.8. The molecule has 7 heteroatoms. The summed E-state index contributed by atoms with van der Waals surface area (Å²) in [4.78, 5) is 20.8. The van der Waals surface area contributed by atoms with Gasteiger partial charge in [0.1, 0.15) is 5.82 Å². The Hall–Kier alpha value is -3.55. The smallest absolute Gasteiger partial charge is 0.288 e. The van der Waals surface area contributed by atoms with Crippen LogP contribution in [0.2, 0.25) is 0 Å². The van der Waals surface area contributed by atoms with E-state index in [0.29, 0.717) is 5.82 Å². The van der Waals surface area contributed by atoms with Crippen LogP contribution in [-0.2, 0) is 6.42 Å². The largest absolute Gasteiger partial charge is 0.363 e. The lowest BCUT2D eigenvalue weighted by Gasteiger charge is -2.37. The molecule has 5 rings (SSSR count). The fourth-order valence-electron chi connectivity index (χ4n) is 5.47. The van der Waals surface area contributed by atoms with Crippen LogP contribution in [0, 0.1) is 12.3 Å². The number of benzene rings is 2. The van der Waals surface area contributed by atoms with Crippen molar-refractivity contribution in [2.24, 2.45) is 11.1 Å². The second-order valence-corrected chi connectivity index (χ2v) is 10.5. The summed E-state index contributed by atoms with van der Waals surface area (Å²) in [7, 11) is 2.22. The standard InChI is InChI=1S/C30H36N6O/c1-23-32-29(28(31)37)33-36(23)27-11-9-24(10-12-27)21-30(22-35-18-6-17-34(2)19-20-35)15-13-26(14-16-30)25-7-4-3-5-8-25/h3-5,7-15H,6,16-22H2,1-2H3,(H2,31,37). The Kier molecular flexibility index (Phi) is 7.35. The monoisotopic (exact) mass is 496 g/mol. The van der Waals surface area contributed by atoms with Crippen molar-refractivity contribution >= 4 is 11.5 Å². The van der Waals surface area contributed by atoms with Crippen LogP contribution in [-0.4, -0.2) is 70.2 Å². The van der Waals surface area contributed by atoms with Crippen molar-refractivity contribution in [3.8, 4) is 5.69 Å². The first-order valence-electron chi connectivity index (χ1n) is 13.1. The van der Waals surface area contributed by atoms with E-state index in [2.05, 4.69) is 87.6 Å². The molecule has 0 radical (unpaired) electrons. The molecule has 192 valence electrons. The van der Waals surface area contributed by atoms with Crippen LogP contribution in [0.25, 0.3) is 11.3 Å². The molecule has 0 spiro atoms. The quantitative estimate of drug-likeness (QED) is 0.537. The highest BCUT2D eigenvalue weighted by Gasteiger charge is 2.32. The molecule has 7 nitrogen and oxygen atoms in total. The molecule has 1 aliphatic heterocycles. The third-order valence-corrected chi connectivity index (χ3v) is 7.53. The lowest BCUT2D eigenvalue weighted by atomic mass is 9.74. The number of hydrogen-bond acceptors (Lipinski definition) is 5. The molecule has 0 bridgehead atoms. The van der Waals surface area contributed by atoms with E-state index < -0.39 is 5.91 Å². The van der Waals surface area contributed by atoms with Gasteiger partial charge in [0, 0.05) is 25.0 Å². The van der Waals surface area contributed by atoms with Gasteiger partial charge >= 0.3 is 0 Å². The van der Waals surface area contributed by atoms with Crippen molar-refractivity contribution in [2.45, 2.75) is 26.2 Å². The first-order valence-corrected chi connectivity index (χ1v) is 13.1. The Morgan fingerprint density at radius 2 is 1.81 bits per heavy atom. The van der Waals surface area contributed by atoms with Crippen molar-refractivity contribution in [1.82, 2.24) is 24.6 Å². The van der Waals surface area contributed by atoms with Gasteiger partial charge in [-0.25, -0.2) is 9.67 Å². The fourth-order valence-corrected chi connectivity index (χ4v) is 5.47. The van der Waals surface area contributed by atoms with Crippen LogP contribution in [0.5, 0.6) is 0 Å².